The summed E-state index contributed by atoms with van der Waals surface area (Å²) in [5.74, 6) is 1.15. The number of hydrogen-bond donors (Lipinski definition) is 2. The highest BCUT2D eigenvalue weighted by Crippen LogP contribution is 2.25. The standard InChI is InChI=1S/C20H17F2N5O2/c21-20(22)29-15-8-6-14(7-9-15)19-26-25-18-12-23-11-17(27(18)19)24-10-16(28)13-4-2-1-3-5-13/h1-9,11-12,16,20,24,28H,10H2/t16-/m0/s1. The molecule has 0 unspecified atom stereocenters. The Morgan fingerprint density at radius 2 is 1.76 bits per heavy atom. The lowest BCUT2D eigenvalue weighted by atomic mass is 10.1. The highest BCUT2D eigenvalue weighted by atomic mass is 19.3. The van der Waals surface area contributed by atoms with E-state index in [0.29, 0.717) is 22.9 Å². The number of fused-ring (bicyclic) bond motifs is 1. The maximum absolute atomic E-state index is 12.3. The molecule has 0 amide bonds. The van der Waals surface area contributed by atoms with Crippen molar-refractivity contribution in [3.8, 4) is 17.1 Å². The second-order valence-corrected chi connectivity index (χ2v) is 6.22. The number of anilines is 1. The van der Waals surface area contributed by atoms with Gasteiger partial charge in [-0.3, -0.25) is 9.38 Å². The number of benzene rings is 2. The van der Waals surface area contributed by atoms with E-state index >= 15 is 0 Å². The van der Waals surface area contributed by atoms with Crippen molar-refractivity contribution in [1.29, 1.82) is 0 Å². The number of ether oxygens (including phenoxy) is 1. The second kappa shape index (κ2) is 8.19. The van der Waals surface area contributed by atoms with Gasteiger partial charge in [0, 0.05) is 12.1 Å². The summed E-state index contributed by atoms with van der Waals surface area (Å²) in [4.78, 5) is 4.15. The summed E-state index contributed by atoms with van der Waals surface area (Å²) in [7, 11) is 0. The molecule has 0 fully saturated rings. The summed E-state index contributed by atoms with van der Waals surface area (Å²) in [6, 6.07) is 15.4. The quantitative estimate of drug-likeness (QED) is 0.496. The Morgan fingerprint density at radius 1 is 1.00 bits per heavy atom. The van der Waals surface area contributed by atoms with Gasteiger partial charge in [0.15, 0.2) is 11.5 Å². The minimum atomic E-state index is -2.88. The number of rotatable bonds is 7. The van der Waals surface area contributed by atoms with Crippen LogP contribution in [0.15, 0.2) is 67.0 Å². The largest absolute Gasteiger partial charge is 0.435 e. The van der Waals surface area contributed by atoms with E-state index in [0.717, 1.165) is 5.56 Å². The van der Waals surface area contributed by atoms with E-state index in [1.165, 1.54) is 12.1 Å². The smallest absolute Gasteiger partial charge is 0.387 e. The Kier molecular flexibility index (Phi) is 5.30. The van der Waals surface area contributed by atoms with Crippen LogP contribution in [-0.2, 0) is 0 Å². The van der Waals surface area contributed by atoms with Crippen molar-refractivity contribution >= 4 is 11.5 Å². The summed E-state index contributed by atoms with van der Waals surface area (Å²) in [5, 5.41) is 21.9. The van der Waals surface area contributed by atoms with E-state index in [1.807, 2.05) is 30.3 Å². The first-order valence-electron chi connectivity index (χ1n) is 8.83. The maximum atomic E-state index is 12.3. The number of hydrogen-bond acceptors (Lipinski definition) is 6. The molecule has 7 nitrogen and oxygen atoms in total. The predicted molar refractivity (Wildman–Crippen MR) is 103 cm³/mol. The topological polar surface area (TPSA) is 84.6 Å². The van der Waals surface area contributed by atoms with Gasteiger partial charge in [0.1, 0.15) is 11.6 Å². The first-order chi connectivity index (χ1) is 14.1. The molecule has 148 valence electrons. The lowest BCUT2D eigenvalue weighted by Crippen LogP contribution is -2.14. The minimum absolute atomic E-state index is 0.0589. The van der Waals surface area contributed by atoms with Gasteiger partial charge < -0.3 is 15.2 Å². The number of halogens is 2. The number of aliphatic hydroxyl groups excluding tert-OH is 1. The summed E-state index contributed by atoms with van der Waals surface area (Å²) in [6.45, 7) is -2.63. The molecule has 0 aliphatic heterocycles. The number of aliphatic hydroxyl groups is 1. The van der Waals surface area contributed by atoms with Crippen molar-refractivity contribution in [2.75, 3.05) is 11.9 Å². The molecule has 9 heteroatoms. The lowest BCUT2D eigenvalue weighted by Gasteiger charge is -2.14. The predicted octanol–water partition coefficient (Wildman–Crippen LogP) is 3.54. The van der Waals surface area contributed by atoms with Gasteiger partial charge in [-0.1, -0.05) is 30.3 Å². The van der Waals surface area contributed by atoms with Crippen LogP contribution in [0.4, 0.5) is 14.6 Å². The normalized spacial score (nSPS) is 12.3. The summed E-state index contributed by atoms with van der Waals surface area (Å²) in [5.41, 5.74) is 1.96. The van der Waals surface area contributed by atoms with Crippen molar-refractivity contribution in [1.82, 2.24) is 19.6 Å². The van der Waals surface area contributed by atoms with E-state index in [-0.39, 0.29) is 12.3 Å². The van der Waals surface area contributed by atoms with Gasteiger partial charge >= 0.3 is 6.61 Å². The average Bonchev–Trinajstić information content (AvgIpc) is 3.17. The van der Waals surface area contributed by atoms with Crippen LogP contribution in [0.25, 0.3) is 17.0 Å². The van der Waals surface area contributed by atoms with Gasteiger partial charge in [-0.15, -0.1) is 10.2 Å². The lowest BCUT2D eigenvalue weighted by molar-refractivity contribution is -0.0498. The third kappa shape index (κ3) is 4.14. The molecule has 0 bridgehead atoms. The molecule has 29 heavy (non-hydrogen) atoms. The molecular formula is C20H17F2N5O2. The third-order valence-corrected chi connectivity index (χ3v) is 4.31. The van der Waals surface area contributed by atoms with Crippen molar-refractivity contribution in [2.45, 2.75) is 12.7 Å². The van der Waals surface area contributed by atoms with E-state index in [1.54, 1.807) is 28.9 Å². The zero-order valence-electron chi connectivity index (χ0n) is 15.1. The first-order valence-corrected chi connectivity index (χ1v) is 8.83. The fourth-order valence-corrected chi connectivity index (χ4v) is 2.94. The van der Waals surface area contributed by atoms with Crippen LogP contribution in [0.1, 0.15) is 11.7 Å². The fourth-order valence-electron chi connectivity index (χ4n) is 2.94. The highest BCUT2D eigenvalue weighted by molar-refractivity contribution is 5.63. The van der Waals surface area contributed by atoms with Gasteiger partial charge in [0.25, 0.3) is 0 Å². The average molecular weight is 397 g/mol. The van der Waals surface area contributed by atoms with Gasteiger partial charge in [-0.25, -0.2) is 0 Å². The Morgan fingerprint density at radius 3 is 2.48 bits per heavy atom. The van der Waals surface area contributed by atoms with Crippen LogP contribution in [-0.4, -0.2) is 37.8 Å². The van der Waals surface area contributed by atoms with Gasteiger partial charge in [-0.05, 0) is 29.8 Å². The molecule has 2 aromatic heterocycles. The Labute approximate surface area is 164 Å². The van der Waals surface area contributed by atoms with Crippen molar-refractivity contribution in [3.63, 3.8) is 0 Å². The monoisotopic (exact) mass is 397 g/mol. The molecule has 4 aromatic rings. The molecule has 2 N–H and O–H groups in total. The fraction of sp³-hybridized carbons (Fsp3) is 0.150. The van der Waals surface area contributed by atoms with Crippen molar-refractivity contribution < 1.29 is 18.6 Å². The third-order valence-electron chi connectivity index (χ3n) is 4.31. The van der Waals surface area contributed by atoms with E-state index in [4.69, 9.17) is 0 Å². The maximum Gasteiger partial charge on any atom is 0.387 e. The molecule has 4 rings (SSSR count). The SMILES string of the molecule is O[C@@H](CNc1cncc2nnc(-c3ccc(OC(F)F)cc3)n12)c1ccccc1. The van der Waals surface area contributed by atoms with Crippen LogP contribution in [0.3, 0.4) is 0 Å². The Balaban J connectivity index is 1.60. The van der Waals surface area contributed by atoms with E-state index in [2.05, 4.69) is 25.2 Å². The minimum Gasteiger partial charge on any atom is -0.435 e. The van der Waals surface area contributed by atoms with E-state index in [9.17, 15) is 13.9 Å². The molecule has 2 aromatic carbocycles. The molecule has 0 radical (unpaired) electrons. The molecule has 0 aliphatic carbocycles. The Hall–Kier alpha value is -3.59. The first kappa shape index (κ1) is 18.8. The van der Waals surface area contributed by atoms with Crippen LogP contribution in [0, 0.1) is 0 Å². The molecule has 0 spiro atoms. The van der Waals surface area contributed by atoms with Crippen molar-refractivity contribution in [2.24, 2.45) is 0 Å². The van der Waals surface area contributed by atoms with Crippen LogP contribution >= 0.6 is 0 Å². The Bertz CT molecular complexity index is 1090. The highest BCUT2D eigenvalue weighted by Gasteiger charge is 2.14. The van der Waals surface area contributed by atoms with E-state index < -0.39 is 12.7 Å². The zero-order chi connectivity index (χ0) is 20.2. The molecular weight excluding hydrogens is 380 g/mol. The second-order valence-electron chi connectivity index (χ2n) is 6.22. The number of nitrogens with zero attached hydrogens (tertiary/aromatic N) is 4. The van der Waals surface area contributed by atoms with Crippen LogP contribution < -0.4 is 10.1 Å². The van der Waals surface area contributed by atoms with Gasteiger partial charge in [0.05, 0.1) is 18.5 Å². The molecule has 0 saturated heterocycles. The molecule has 2 heterocycles. The summed E-state index contributed by atoms with van der Waals surface area (Å²) in [6.07, 6.45) is 2.45. The van der Waals surface area contributed by atoms with Crippen molar-refractivity contribution in [3.05, 3.63) is 72.6 Å². The molecule has 0 aliphatic rings. The van der Waals surface area contributed by atoms with Crippen LogP contribution in [0.2, 0.25) is 0 Å². The molecule has 0 saturated carbocycles. The molecule has 1 atom stereocenters. The summed E-state index contributed by atoms with van der Waals surface area (Å²) >= 11 is 0. The zero-order valence-corrected chi connectivity index (χ0v) is 15.1. The van der Waals surface area contributed by atoms with Gasteiger partial charge in [-0.2, -0.15) is 8.78 Å². The van der Waals surface area contributed by atoms with Gasteiger partial charge in [0.2, 0.25) is 0 Å². The summed E-state index contributed by atoms with van der Waals surface area (Å²) < 4.78 is 30.8. The number of alkyl halides is 2. The number of aromatic nitrogens is 4. The van der Waals surface area contributed by atoms with Crippen LogP contribution in [0.5, 0.6) is 5.75 Å². The number of nitrogens with one attached hydrogen (secondary N) is 1.